The molecule has 0 bridgehead atoms. The van der Waals surface area contributed by atoms with Crippen LogP contribution in [0, 0.1) is 5.82 Å². The zero-order chi connectivity index (χ0) is 13.2. The normalized spacial score (nSPS) is 12.7. The number of halogens is 1. The number of aliphatic hydroxyl groups is 1. The number of hydrogen-bond donors (Lipinski definition) is 1. The van der Waals surface area contributed by atoms with Crippen LogP contribution in [0.15, 0.2) is 59.0 Å². The van der Waals surface area contributed by atoms with E-state index < -0.39 is 6.10 Å². The third-order valence-corrected chi connectivity index (χ3v) is 3.10. The quantitative estimate of drug-likeness (QED) is 0.772. The molecule has 1 aromatic heterocycles. The molecule has 0 amide bonds. The molecule has 3 heteroatoms. The Morgan fingerprint density at radius 3 is 2.63 bits per heavy atom. The number of aliphatic hydroxyl groups excluding tert-OH is 1. The van der Waals surface area contributed by atoms with Gasteiger partial charge in [0, 0.05) is 11.8 Å². The molecule has 0 fully saturated rings. The Hall–Kier alpha value is -2.13. The lowest BCUT2D eigenvalue weighted by Crippen LogP contribution is -1.99. The molecule has 0 radical (unpaired) electrons. The highest BCUT2D eigenvalue weighted by Crippen LogP contribution is 2.26. The smallest absolute Gasteiger partial charge is 0.134 e. The summed E-state index contributed by atoms with van der Waals surface area (Å²) < 4.78 is 18.6. The first-order valence-corrected chi connectivity index (χ1v) is 6.13. The van der Waals surface area contributed by atoms with Gasteiger partial charge in [0.05, 0.1) is 0 Å². The Morgan fingerprint density at radius 2 is 1.84 bits per heavy atom. The van der Waals surface area contributed by atoms with E-state index in [1.807, 2.05) is 30.3 Å². The van der Waals surface area contributed by atoms with Gasteiger partial charge in [0.1, 0.15) is 23.3 Å². The zero-order valence-corrected chi connectivity index (χ0v) is 10.2. The molecule has 0 saturated carbocycles. The van der Waals surface area contributed by atoms with Crippen molar-refractivity contribution in [3.8, 4) is 0 Å². The van der Waals surface area contributed by atoms with Crippen molar-refractivity contribution in [2.45, 2.75) is 12.5 Å². The van der Waals surface area contributed by atoms with Crippen molar-refractivity contribution in [2.24, 2.45) is 0 Å². The van der Waals surface area contributed by atoms with Crippen LogP contribution >= 0.6 is 0 Å². The van der Waals surface area contributed by atoms with Gasteiger partial charge in [0.15, 0.2) is 0 Å². The third kappa shape index (κ3) is 2.51. The average Bonchev–Trinajstić information content (AvgIpc) is 2.83. The molecule has 0 aliphatic rings. The van der Waals surface area contributed by atoms with Crippen LogP contribution < -0.4 is 0 Å². The summed E-state index contributed by atoms with van der Waals surface area (Å²) in [7, 11) is 0. The molecule has 1 N–H and O–H groups in total. The monoisotopic (exact) mass is 256 g/mol. The fourth-order valence-electron chi connectivity index (χ4n) is 2.14. The summed E-state index contributed by atoms with van der Waals surface area (Å²) in [5.41, 5.74) is 1.62. The van der Waals surface area contributed by atoms with Gasteiger partial charge in [-0.15, -0.1) is 0 Å². The Bertz CT molecular complexity index is 688. The van der Waals surface area contributed by atoms with E-state index in [4.69, 9.17) is 4.42 Å². The topological polar surface area (TPSA) is 33.4 Å². The number of hydrogen-bond acceptors (Lipinski definition) is 2. The van der Waals surface area contributed by atoms with Crippen molar-refractivity contribution in [1.82, 2.24) is 0 Å². The lowest BCUT2D eigenvalue weighted by molar-refractivity contribution is 0.152. The largest absolute Gasteiger partial charge is 0.458 e. The molecular weight excluding hydrogens is 243 g/mol. The highest BCUT2D eigenvalue weighted by Gasteiger charge is 2.14. The first-order chi connectivity index (χ1) is 9.22. The molecule has 96 valence electrons. The maximum atomic E-state index is 13.1. The Kier molecular flexibility index (Phi) is 3.05. The van der Waals surface area contributed by atoms with Gasteiger partial charge in [-0.25, -0.2) is 4.39 Å². The van der Waals surface area contributed by atoms with Crippen LogP contribution in [0.3, 0.4) is 0 Å². The highest BCUT2D eigenvalue weighted by molar-refractivity contribution is 5.77. The standard InChI is InChI=1S/C16H13FO2/c17-13-6-7-15-12(9-13)10-16(19-15)14(18)8-11-4-2-1-3-5-11/h1-7,9-10,14,18H,8H2. The molecule has 0 spiro atoms. The molecule has 1 atom stereocenters. The second-order valence-electron chi connectivity index (χ2n) is 4.54. The van der Waals surface area contributed by atoms with E-state index in [1.54, 1.807) is 12.1 Å². The first-order valence-electron chi connectivity index (χ1n) is 6.13. The van der Waals surface area contributed by atoms with Crippen molar-refractivity contribution >= 4 is 11.0 Å². The number of benzene rings is 2. The van der Waals surface area contributed by atoms with E-state index in [0.717, 1.165) is 5.56 Å². The number of fused-ring (bicyclic) bond motifs is 1. The van der Waals surface area contributed by atoms with Crippen LogP contribution in [-0.2, 0) is 6.42 Å². The molecule has 2 nitrogen and oxygen atoms in total. The van der Waals surface area contributed by atoms with Crippen LogP contribution in [0.25, 0.3) is 11.0 Å². The van der Waals surface area contributed by atoms with Crippen molar-refractivity contribution in [1.29, 1.82) is 0 Å². The second kappa shape index (κ2) is 4.86. The van der Waals surface area contributed by atoms with E-state index in [9.17, 15) is 9.50 Å². The fraction of sp³-hybridized carbons (Fsp3) is 0.125. The van der Waals surface area contributed by atoms with E-state index in [0.29, 0.717) is 23.2 Å². The number of furan rings is 1. The summed E-state index contributed by atoms with van der Waals surface area (Å²) >= 11 is 0. The minimum absolute atomic E-state index is 0.308. The van der Waals surface area contributed by atoms with E-state index in [2.05, 4.69) is 0 Å². The van der Waals surface area contributed by atoms with E-state index in [1.165, 1.54) is 12.1 Å². The molecule has 0 aliphatic heterocycles. The van der Waals surface area contributed by atoms with Gasteiger partial charge in [-0.2, -0.15) is 0 Å². The maximum absolute atomic E-state index is 13.1. The summed E-state index contributed by atoms with van der Waals surface area (Å²) in [6.45, 7) is 0. The summed E-state index contributed by atoms with van der Waals surface area (Å²) in [6.07, 6.45) is -0.249. The van der Waals surface area contributed by atoms with Crippen LogP contribution in [0.4, 0.5) is 4.39 Å². The second-order valence-corrected chi connectivity index (χ2v) is 4.54. The van der Waals surface area contributed by atoms with Gasteiger partial charge in [-0.1, -0.05) is 30.3 Å². The molecule has 1 unspecified atom stereocenters. The van der Waals surface area contributed by atoms with E-state index >= 15 is 0 Å². The Morgan fingerprint density at radius 1 is 1.05 bits per heavy atom. The van der Waals surface area contributed by atoms with Gasteiger partial charge >= 0.3 is 0 Å². The number of rotatable bonds is 3. The molecule has 0 aliphatic carbocycles. The highest BCUT2D eigenvalue weighted by atomic mass is 19.1. The van der Waals surface area contributed by atoms with Crippen molar-refractivity contribution < 1.29 is 13.9 Å². The molecule has 0 saturated heterocycles. The molecule has 2 aromatic carbocycles. The van der Waals surface area contributed by atoms with Gasteiger partial charge < -0.3 is 9.52 Å². The SMILES string of the molecule is OC(Cc1ccccc1)c1cc2cc(F)ccc2o1. The maximum Gasteiger partial charge on any atom is 0.134 e. The summed E-state index contributed by atoms with van der Waals surface area (Å²) in [5.74, 6) is 0.154. The summed E-state index contributed by atoms with van der Waals surface area (Å²) in [5, 5.41) is 10.8. The first kappa shape index (κ1) is 11.9. The molecule has 3 rings (SSSR count). The van der Waals surface area contributed by atoms with Gasteiger partial charge in [0.2, 0.25) is 0 Å². The predicted molar refractivity (Wildman–Crippen MR) is 71.3 cm³/mol. The minimum atomic E-state index is -0.724. The van der Waals surface area contributed by atoms with Crippen molar-refractivity contribution in [3.63, 3.8) is 0 Å². The molecule has 19 heavy (non-hydrogen) atoms. The average molecular weight is 256 g/mol. The predicted octanol–water partition coefficient (Wildman–Crippen LogP) is 3.85. The zero-order valence-electron chi connectivity index (χ0n) is 10.2. The summed E-state index contributed by atoms with van der Waals surface area (Å²) in [4.78, 5) is 0. The minimum Gasteiger partial charge on any atom is -0.458 e. The van der Waals surface area contributed by atoms with Crippen molar-refractivity contribution in [3.05, 3.63) is 71.7 Å². The van der Waals surface area contributed by atoms with Gasteiger partial charge in [0.25, 0.3) is 0 Å². The Balaban J connectivity index is 1.87. The van der Waals surface area contributed by atoms with Crippen LogP contribution in [0.5, 0.6) is 0 Å². The van der Waals surface area contributed by atoms with Gasteiger partial charge in [-0.3, -0.25) is 0 Å². The van der Waals surface area contributed by atoms with Gasteiger partial charge in [-0.05, 0) is 29.8 Å². The Labute approximate surface area is 110 Å². The van der Waals surface area contributed by atoms with Crippen LogP contribution in [-0.4, -0.2) is 5.11 Å². The van der Waals surface area contributed by atoms with Crippen molar-refractivity contribution in [2.75, 3.05) is 0 Å². The van der Waals surface area contributed by atoms with Crippen LogP contribution in [0.1, 0.15) is 17.4 Å². The third-order valence-electron chi connectivity index (χ3n) is 3.10. The lowest BCUT2D eigenvalue weighted by atomic mass is 10.1. The lowest BCUT2D eigenvalue weighted by Gasteiger charge is -2.07. The summed E-state index contributed by atoms with van der Waals surface area (Å²) in [6, 6.07) is 15.7. The van der Waals surface area contributed by atoms with Crippen LogP contribution in [0.2, 0.25) is 0 Å². The molecular formula is C16H13FO2. The molecule has 3 aromatic rings. The van der Waals surface area contributed by atoms with E-state index in [-0.39, 0.29) is 5.82 Å². The fourth-order valence-corrected chi connectivity index (χ4v) is 2.14. The molecule has 1 heterocycles.